The molecule has 1 aliphatic rings. The molecule has 0 N–H and O–H groups in total. The molecule has 1 saturated carbocycles. The Bertz CT molecular complexity index is 905. The maximum Gasteiger partial charge on any atom is 0.323 e. The summed E-state index contributed by atoms with van der Waals surface area (Å²) in [5, 5.41) is 1.12. The van der Waals surface area contributed by atoms with Gasteiger partial charge in [0.15, 0.2) is 15.3 Å². The van der Waals surface area contributed by atoms with Crippen molar-refractivity contribution in [2.75, 3.05) is 14.2 Å². The number of carbonyl (C=O) groups excluding carboxylic acids is 2. The summed E-state index contributed by atoms with van der Waals surface area (Å²) in [6.07, 6.45) is -0.117. The highest BCUT2D eigenvalue weighted by Crippen LogP contribution is 2.49. The van der Waals surface area contributed by atoms with E-state index in [0.717, 1.165) is 11.0 Å². The fourth-order valence-corrected chi connectivity index (χ4v) is 4.76. The Hall–Kier alpha value is -1.93. The molecule has 27 heavy (non-hydrogen) atoms. The number of methoxy groups -OCH3 is 2. The largest absolute Gasteiger partial charge is 0.468 e. The van der Waals surface area contributed by atoms with Gasteiger partial charge in [0, 0.05) is 18.2 Å². The van der Waals surface area contributed by atoms with Gasteiger partial charge in [-0.3, -0.25) is 9.59 Å². The number of hydrogen-bond acceptors (Lipinski definition) is 6. The lowest BCUT2D eigenvalue weighted by atomic mass is 9.86. The third-order valence-corrected chi connectivity index (χ3v) is 6.58. The fourth-order valence-electron chi connectivity index (χ4n) is 3.11. The maximum atomic E-state index is 12.8. The van der Waals surface area contributed by atoms with E-state index in [-0.39, 0.29) is 17.7 Å². The SMILES string of the molecule is COC(=O)C1(C(=O)OC)CC(=C(\C)Br)/C(=C/S(=O)(=O)c2ccc(C)cc2)C1. The topological polar surface area (TPSA) is 86.7 Å². The molecule has 6 nitrogen and oxygen atoms in total. The summed E-state index contributed by atoms with van der Waals surface area (Å²) in [5.41, 5.74) is 0.291. The van der Waals surface area contributed by atoms with Gasteiger partial charge >= 0.3 is 11.9 Å². The van der Waals surface area contributed by atoms with Crippen molar-refractivity contribution in [3.63, 3.8) is 0 Å². The summed E-state index contributed by atoms with van der Waals surface area (Å²) in [4.78, 5) is 24.9. The molecule has 2 rings (SSSR count). The minimum Gasteiger partial charge on any atom is -0.468 e. The highest BCUT2D eigenvalue weighted by molar-refractivity contribution is 9.11. The summed E-state index contributed by atoms with van der Waals surface area (Å²) in [5.74, 6) is -1.51. The number of sulfone groups is 1. The summed E-state index contributed by atoms with van der Waals surface area (Å²) >= 11 is 3.35. The number of benzene rings is 1. The number of ether oxygens (including phenoxy) is 2. The predicted molar refractivity (Wildman–Crippen MR) is 104 cm³/mol. The molecule has 0 saturated heterocycles. The molecular weight excluding hydrogens is 436 g/mol. The van der Waals surface area contributed by atoms with Gasteiger partial charge in [-0.05, 0) is 41.6 Å². The molecule has 0 amide bonds. The molecule has 1 aliphatic carbocycles. The molecule has 146 valence electrons. The molecule has 8 heteroatoms. The van der Waals surface area contributed by atoms with Crippen LogP contribution in [-0.2, 0) is 28.9 Å². The molecule has 0 radical (unpaired) electrons. The number of hydrogen-bond donors (Lipinski definition) is 0. The lowest BCUT2D eigenvalue weighted by Crippen LogP contribution is -2.38. The van der Waals surface area contributed by atoms with E-state index in [2.05, 4.69) is 15.9 Å². The van der Waals surface area contributed by atoms with Crippen LogP contribution < -0.4 is 0 Å². The van der Waals surface area contributed by atoms with Crippen LogP contribution in [0.15, 0.2) is 50.2 Å². The molecule has 1 aromatic carbocycles. The van der Waals surface area contributed by atoms with E-state index in [4.69, 9.17) is 9.47 Å². The van der Waals surface area contributed by atoms with Crippen molar-refractivity contribution in [3.8, 4) is 0 Å². The van der Waals surface area contributed by atoms with Crippen molar-refractivity contribution in [1.29, 1.82) is 0 Å². The Morgan fingerprint density at radius 1 is 1.07 bits per heavy atom. The van der Waals surface area contributed by atoms with Gasteiger partial charge in [0.2, 0.25) is 0 Å². The minimum atomic E-state index is -3.76. The summed E-state index contributed by atoms with van der Waals surface area (Å²) in [6, 6.07) is 6.46. The van der Waals surface area contributed by atoms with E-state index < -0.39 is 27.2 Å². The number of rotatable bonds is 4. The second-order valence-corrected chi connectivity index (χ2v) is 9.42. The molecule has 1 aromatic rings. The van der Waals surface area contributed by atoms with Crippen molar-refractivity contribution in [3.05, 3.63) is 50.9 Å². The van der Waals surface area contributed by atoms with Crippen LogP contribution in [0.4, 0.5) is 0 Å². The Morgan fingerprint density at radius 2 is 1.59 bits per heavy atom. The average molecular weight is 457 g/mol. The summed E-state index contributed by atoms with van der Waals surface area (Å²) in [6.45, 7) is 3.59. The normalized spacial score (nSPS) is 19.7. The highest BCUT2D eigenvalue weighted by atomic mass is 79.9. The quantitative estimate of drug-likeness (QED) is 0.509. The van der Waals surface area contributed by atoms with Crippen LogP contribution in [0.2, 0.25) is 0 Å². The number of esters is 2. The molecule has 0 atom stereocenters. The molecule has 0 spiro atoms. The van der Waals surface area contributed by atoms with Gasteiger partial charge < -0.3 is 9.47 Å². The first-order chi connectivity index (χ1) is 12.6. The van der Waals surface area contributed by atoms with Crippen molar-refractivity contribution >= 4 is 37.7 Å². The van der Waals surface area contributed by atoms with Crippen molar-refractivity contribution in [2.24, 2.45) is 5.41 Å². The van der Waals surface area contributed by atoms with Gasteiger partial charge in [0.05, 0.1) is 19.1 Å². The van der Waals surface area contributed by atoms with Gasteiger partial charge in [0.1, 0.15) is 0 Å². The second-order valence-electron chi connectivity index (χ2n) is 6.43. The first-order valence-electron chi connectivity index (χ1n) is 8.12. The van der Waals surface area contributed by atoms with Gasteiger partial charge in [-0.1, -0.05) is 33.6 Å². The molecule has 0 aliphatic heterocycles. The van der Waals surface area contributed by atoms with E-state index in [9.17, 15) is 18.0 Å². The smallest absolute Gasteiger partial charge is 0.323 e. The zero-order chi connectivity index (χ0) is 20.4. The molecule has 0 heterocycles. The van der Waals surface area contributed by atoms with Crippen LogP contribution in [0.3, 0.4) is 0 Å². The van der Waals surface area contributed by atoms with Crippen LogP contribution in [0.1, 0.15) is 25.3 Å². The third kappa shape index (κ3) is 4.16. The molecule has 1 fully saturated rings. The van der Waals surface area contributed by atoms with Gasteiger partial charge in [-0.15, -0.1) is 0 Å². The molecule has 0 aromatic heterocycles. The van der Waals surface area contributed by atoms with Gasteiger partial charge in [0.25, 0.3) is 0 Å². The second kappa shape index (κ2) is 7.98. The lowest BCUT2D eigenvalue weighted by molar-refractivity contribution is -0.168. The number of allylic oxidation sites excluding steroid dienone is 3. The van der Waals surface area contributed by atoms with Gasteiger partial charge in [-0.2, -0.15) is 0 Å². The molecule has 0 unspecified atom stereocenters. The number of halogens is 1. The Kier molecular flexibility index (Phi) is 6.32. The zero-order valence-corrected chi connectivity index (χ0v) is 17.9. The first-order valence-corrected chi connectivity index (χ1v) is 10.5. The zero-order valence-electron chi connectivity index (χ0n) is 15.5. The predicted octanol–water partition coefficient (Wildman–Crippen LogP) is 3.45. The van der Waals surface area contributed by atoms with Crippen molar-refractivity contribution < 1.29 is 27.5 Å². The van der Waals surface area contributed by atoms with Crippen LogP contribution in [-0.4, -0.2) is 34.6 Å². The molecular formula is C19H21BrO6S. The third-order valence-electron chi connectivity index (χ3n) is 4.57. The lowest BCUT2D eigenvalue weighted by Gasteiger charge is -2.21. The number of aryl methyl sites for hydroxylation is 1. The van der Waals surface area contributed by atoms with Crippen LogP contribution in [0.5, 0.6) is 0 Å². The van der Waals surface area contributed by atoms with E-state index in [1.807, 2.05) is 6.92 Å². The van der Waals surface area contributed by atoms with E-state index >= 15 is 0 Å². The highest BCUT2D eigenvalue weighted by Gasteiger charge is 2.54. The average Bonchev–Trinajstić information content (AvgIpc) is 3.00. The van der Waals surface area contributed by atoms with Crippen LogP contribution in [0, 0.1) is 12.3 Å². The van der Waals surface area contributed by atoms with Crippen molar-refractivity contribution in [2.45, 2.75) is 31.6 Å². The molecule has 0 bridgehead atoms. The van der Waals surface area contributed by atoms with Gasteiger partial charge in [-0.25, -0.2) is 8.42 Å². The maximum absolute atomic E-state index is 12.8. The summed E-state index contributed by atoms with van der Waals surface area (Å²) < 4.78 is 35.9. The Labute approximate surface area is 167 Å². The Morgan fingerprint density at radius 3 is 2.04 bits per heavy atom. The standard InChI is InChI=1S/C19H21BrO6S/c1-12-5-7-15(8-6-12)27(23,24)11-14-9-19(17(21)25-3,18(22)26-4)10-16(14)13(2)20/h5-8,11H,9-10H2,1-4H3/b14-11+,16-13-. The van der Waals surface area contributed by atoms with Crippen LogP contribution in [0.25, 0.3) is 0 Å². The van der Waals surface area contributed by atoms with E-state index in [1.165, 1.54) is 26.4 Å². The summed E-state index contributed by atoms with van der Waals surface area (Å²) in [7, 11) is -1.40. The number of carbonyl (C=O) groups is 2. The van der Waals surface area contributed by atoms with E-state index in [0.29, 0.717) is 15.6 Å². The Balaban J connectivity index is 2.59. The van der Waals surface area contributed by atoms with Crippen LogP contribution >= 0.6 is 15.9 Å². The van der Waals surface area contributed by atoms with Crippen molar-refractivity contribution in [1.82, 2.24) is 0 Å². The minimum absolute atomic E-state index is 0.00131. The fraction of sp³-hybridized carbons (Fsp3) is 0.368. The van der Waals surface area contributed by atoms with E-state index in [1.54, 1.807) is 19.1 Å². The first kappa shape index (κ1) is 21.4. The monoisotopic (exact) mass is 456 g/mol.